The molecular weight excluding hydrogens is 264 g/mol. The second-order valence-corrected chi connectivity index (χ2v) is 4.72. The highest BCUT2D eigenvalue weighted by Crippen LogP contribution is 2.29. The standard InChI is InChI=1S/C14H17ClN2O2/c1-3-6-16-8-11-9-18-14(17-11)19-13-5-4-10(2)7-12(13)15/h4-5,7,9,16H,3,6,8H2,1-2H3. The summed E-state index contributed by atoms with van der Waals surface area (Å²) in [4.78, 5) is 4.23. The van der Waals surface area contributed by atoms with Gasteiger partial charge in [0.25, 0.3) is 0 Å². The van der Waals surface area contributed by atoms with E-state index in [-0.39, 0.29) is 6.08 Å². The summed E-state index contributed by atoms with van der Waals surface area (Å²) in [6.45, 7) is 5.71. The Morgan fingerprint density at radius 1 is 1.42 bits per heavy atom. The predicted molar refractivity (Wildman–Crippen MR) is 74.8 cm³/mol. The highest BCUT2D eigenvalue weighted by Gasteiger charge is 2.09. The Balaban J connectivity index is 1.99. The molecule has 1 heterocycles. The first-order chi connectivity index (χ1) is 9.19. The van der Waals surface area contributed by atoms with Crippen molar-refractivity contribution >= 4 is 11.6 Å². The second-order valence-electron chi connectivity index (χ2n) is 4.32. The third-order valence-corrected chi connectivity index (χ3v) is 2.84. The number of hydrogen-bond donors (Lipinski definition) is 1. The minimum absolute atomic E-state index is 0.207. The van der Waals surface area contributed by atoms with Gasteiger partial charge in [-0.25, -0.2) is 0 Å². The highest BCUT2D eigenvalue weighted by molar-refractivity contribution is 6.32. The van der Waals surface area contributed by atoms with Crippen LogP contribution in [0.1, 0.15) is 24.6 Å². The Morgan fingerprint density at radius 3 is 3.00 bits per heavy atom. The molecule has 0 aliphatic rings. The van der Waals surface area contributed by atoms with Gasteiger partial charge >= 0.3 is 6.08 Å². The zero-order valence-electron chi connectivity index (χ0n) is 11.1. The fourth-order valence-corrected chi connectivity index (χ4v) is 1.87. The van der Waals surface area contributed by atoms with E-state index >= 15 is 0 Å². The van der Waals surface area contributed by atoms with Gasteiger partial charge in [0.2, 0.25) is 0 Å². The number of nitrogens with one attached hydrogen (secondary N) is 1. The summed E-state index contributed by atoms with van der Waals surface area (Å²) < 4.78 is 10.8. The molecule has 0 saturated heterocycles. The van der Waals surface area contributed by atoms with Gasteiger partial charge in [-0.15, -0.1) is 0 Å². The Kier molecular flexibility index (Phi) is 4.82. The third-order valence-electron chi connectivity index (χ3n) is 2.55. The van der Waals surface area contributed by atoms with Crippen LogP contribution in [0.5, 0.6) is 11.8 Å². The number of ether oxygens (including phenoxy) is 1. The molecule has 0 aliphatic heterocycles. The van der Waals surface area contributed by atoms with Crippen LogP contribution in [0.3, 0.4) is 0 Å². The average molecular weight is 281 g/mol. The monoisotopic (exact) mass is 280 g/mol. The molecule has 0 radical (unpaired) electrons. The van der Waals surface area contributed by atoms with E-state index in [0.29, 0.717) is 17.3 Å². The molecule has 4 nitrogen and oxygen atoms in total. The minimum Gasteiger partial charge on any atom is -0.417 e. The molecule has 1 aromatic heterocycles. The lowest BCUT2D eigenvalue weighted by atomic mass is 10.2. The molecule has 0 aliphatic carbocycles. The van der Waals surface area contributed by atoms with Crippen LogP contribution in [0.2, 0.25) is 5.02 Å². The van der Waals surface area contributed by atoms with Crippen molar-refractivity contribution in [1.82, 2.24) is 10.3 Å². The molecule has 0 atom stereocenters. The van der Waals surface area contributed by atoms with Crippen LogP contribution in [-0.4, -0.2) is 11.5 Å². The lowest BCUT2D eigenvalue weighted by Crippen LogP contribution is -2.13. The molecule has 0 spiro atoms. The molecule has 2 aromatic rings. The van der Waals surface area contributed by atoms with Crippen LogP contribution in [0.15, 0.2) is 28.9 Å². The summed E-state index contributed by atoms with van der Waals surface area (Å²) in [5.74, 6) is 0.544. The van der Waals surface area contributed by atoms with Crippen molar-refractivity contribution < 1.29 is 9.15 Å². The van der Waals surface area contributed by atoms with E-state index in [9.17, 15) is 0 Å². The van der Waals surface area contributed by atoms with Crippen molar-refractivity contribution in [3.05, 3.63) is 40.7 Å². The van der Waals surface area contributed by atoms with Crippen LogP contribution in [-0.2, 0) is 6.54 Å². The lowest BCUT2D eigenvalue weighted by molar-refractivity contribution is 0.331. The van der Waals surface area contributed by atoms with Crippen LogP contribution < -0.4 is 10.1 Å². The molecule has 0 amide bonds. The van der Waals surface area contributed by atoms with E-state index in [0.717, 1.165) is 24.2 Å². The van der Waals surface area contributed by atoms with Crippen molar-refractivity contribution in [2.45, 2.75) is 26.8 Å². The van der Waals surface area contributed by atoms with E-state index < -0.39 is 0 Å². The van der Waals surface area contributed by atoms with Crippen LogP contribution in [0.25, 0.3) is 0 Å². The first-order valence-corrected chi connectivity index (χ1v) is 6.66. The van der Waals surface area contributed by atoms with Gasteiger partial charge in [0.15, 0.2) is 5.75 Å². The topological polar surface area (TPSA) is 47.3 Å². The van der Waals surface area contributed by atoms with E-state index in [4.69, 9.17) is 20.8 Å². The van der Waals surface area contributed by atoms with Crippen molar-refractivity contribution in [3.8, 4) is 11.8 Å². The van der Waals surface area contributed by atoms with Crippen LogP contribution in [0.4, 0.5) is 0 Å². The maximum absolute atomic E-state index is 6.08. The average Bonchev–Trinajstić information content (AvgIpc) is 2.81. The summed E-state index contributed by atoms with van der Waals surface area (Å²) in [6.07, 6.45) is 2.87. The van der Waals surface area contributed by atoms with Crippen LogP contribution >= 0.6 is 11.6 Å². The molecule has 1 N–H and O–H groups in total. The molecule has 19 heavy (non-hydrogen) atoms. The quantitative estimate of drug-likeness (QED) is 0.815. The smallest absolute Gasteiger partial charge is 0.399 e. The van der Waals surface area contributed by atoms with Gasteiger partial charge in [-0.1, -0.05) is 24.6 Å². The Labute approximate surface area is 117 Å². The zero-order chi connectivity index (χ0) is 13.7. The van der Waals surface area contributed by atoms with Gasteiger partial charge in [-0.2, -0.15) is 4.98 Å². The fourth-order valence-electron chi connectivity index (χ4n) is 1.59. The van der Waals surface area contributed by atoms with Crippen molar-refractivity contribution in [2.24, 2.45) is 0 Å². The van der Waals surface area contributed by atoms with E-state index in [1.807, 2.05) is 19.1 Å². The highest BCUT2D eigenvalue weighted by atomic mass is 35.5. The number of benzene rings is 1. The predicted octanol–water partition coefficient (Wildman–Crippen LogP) is 3.93. The number of halogens is 1. The summed E-state index contributed by atoms with van der Waals surface area (Å²) in [7, 11) is 0. The van der Waals surface area contributed by atoms with Gasteiger partial charge in [-0.3, -0.25) is 0 Å². The molecule has 0 saturated carbocycles. The number of aryl methyl sites for hydroxylation is 1. The Bertz CT molecular complexity index is 540. The second kappa shape index (κ2) is 6.59. The number of rotatable bonds is 6. The number of hydrogen-bond acceptors (Lipinski definition) is 4. The van der Waals surface area contributed by atoms with E-state index in [1.54, 1.807) is 12.3 Å². The molecule has 2 rings (SSSR count). The fraction of sp³-hybridized carbons (Fsp3) is 0.357. The van der Waals surface area contributed by atoms with Crippen LogP contribution in [0, 0.1) is 6.92 Å². The van der Waals surface area contributed by atoms with Gasteiger partial charge in [0, 0.05) is 6.54 Å². The largest absolute Gasteiger partial charge is 0.417 e. The van der Waals surface area contributed by atoms with Crippen molar-refractivity contribution in [1.29, 1.82) is 0 Å². The normalized spacial score (nSPS) is 10.7. The summed E-state index contributed by atoms with van der Waals surface area (Å²) in [5, 5.41) is 3.79. The Hall–Kier alpha value is -1.52. The number of oxazole rings is 1. The summed E-state index contributed by atoms with van der Waals surface area (Å²) in [6, 6.07) is 5.56. The minimum atomic E-state index is 0.207. The van der Waals surface area contributed by atoms with Gasteiger partial charge in [0.1, 0.15) is 6.26 Å². The molecule has 5 heteroatoms. The zero-order valence-corrected chi connectivity index (χ0v) is 11.8. The van der Waals surface area contributed by atoms with Gasteiger partial charge < -0.3 is 14.5 Å². The molecular formula is C14H17ClN2O2. The molecule has 0 bridgehead atoms. The van der Waals surface area contributed by atoms with Crippen molar-refractivity contribution in [2.75, 3.05) is 6.54 Å². The maximum Gasteiger partial charge on any atom is 0.399 e. The number of nitrogens with zero attached hydrogens (tertiary/aromatic N) is 1. The van der Waals surface area contributed by atoms with Gasteiger partial charge in [0.05, 0.1) is 10.7 Å². The summed E-state index contributed by atoms with van der Waals surface area (Å²) in [5.41, 5.74) is 1.89. The Morgan fingerprint density at radius 2 is 2.26 bits per heavy atom. The van der Waals surface area contributed by atoms with Gasteiger partial charge in [-0.05, 0) is 37.6 Å². The van der Waals surface area contributed by atoms with Crippen molar-refractivity contribution in [3.63, 3.8) is 0 Å². The molecule has 102 valence electrons. The lowest BCUT2D eigenvalue weighted by Gasteiger charge is -2.03. The molecule has 1 aromatic carbocycles. The SMILES string of the molecule is CCCNCc1coc(Oc2ccc(C)cc2Cl)n1. The molecule has 0 fully saturated rings. The first-order valence-electron chi connectivity index (χ1n) is 6.28. The third kappa shape index (κ3) is 3.98. The molecule has 0 unspecified atom stereocenters. The summed E-state index contributed by atoms with van der Waals surface area (Å²) >= 11 is 6.08. The first kappa shape index (κ1) is 13.9. The maximum atomic E-state index is 6.08. The van der Waals surface area contributed by atoms with E-state index in [2.05, 4.69) is 17.2 Å². The number of aromatic nitrogens is 1. The van der Waals surface area contributed by atoms with E-state index in [1.165, 1.54) is 0 Å².